The smallest absolute Gasteiger partial charge is 0.232 e. The number of carbonyl (C=O) groups excluding carboxylic acids is 2. The summed E-state index contributed by atoms with van der Waals surface area (Å²) in [6.45, 7) is 2.08. The molecule has 2 aromatic rings. The van der Waals surface area contributed by atoms with Gasteiger partial charge in [0.25, 0.3) is 0 Å². The second kappa shape index (κ2) is 7.32. The van der Waals surface area contributed by atoms with Crippen molar-refractivity contribution in [3.63, 3.8) is 0 Å². The molecule has 2 aliphatic rings. The van der Waals surface area contributed by atoms with Gasteiger partial charge in [-0.1, -0.05) is 54.9 Å². The number of aryl methyl sites for hydroxylation is 1. The normalized spacial score (nSPS) is 20.1. The number of halogens is 1. The van der Waals surface area contributed by atoms with Gasteiger partial charge in [-0.05, 0) is 42.5 Å². The minimum absolute atomic E-state index is 0.0364. The maximum atomic E-state index is 13.3. The fourth-order valence-electron chi connectivity index (χ4n) is 4.32. The number of allylic oxidation sites excluding steroid dienone is 2. The second-order valence-corrected chi connectivity index (χ2v) is 7.53. The lowest BCUT2D eigenvalue weighted by Crippen LogP contribution is -2.41. The van der Waals surface area contributed by atoms with E-state index in [9.17, 15) is 9.59 Å². The van der Waals surface area contributed by atoms with Crippen LogP contribution in [0.1, 0.15) is 49.7 Å². The number of amides is 1. The van der Waals surface area contributed by atoms with Gasteiger partial charge < -0.3 is 0 Å². The van der Waals surface area contributed by atoms with Gasteiger partial charge in [0.1, 0.15) is 0 Å². The van der Waals surface area contributed by atoms with Crippen molar-refractivity contribution < 1.29 is 9.59 Å². The van der Waals surface area contributed by atoms with Crippen molar-refractivity contribution in [3.05, 3.63) is 76.0 Å². The van der Waals surface area contributed by atoms with E-state index in [4.69, 9.17) is 11.6 Å². The van der Waals surface area contributed by atoms with Crippen LogP contribution in [-0.2, 0) is 16.0 Å². The number of hydrogen-bond donors (Lipinski definition) is 0. The summed E-state index contributed by atoms with van der Waals surface area (Å²) in [5.41, 5.74) is 4.54. The highest BCUT2D eigenvalue weighted by Crippen LogP contribution is 2.45. The lowest BCUT2D eigenvalue weighted by atomic mass is 9.77. The SMILES string of the molecule is CCc1ccccc1N1C(=O)CC(c2ccccc2Cl)C2=C1CCCC2=O. The lowest BCUT2D eigenvalue weighted by molar-refractivity contribution is -0.119. The second-order valence-electron chi connectivity index (χ2n) is 7.13. The van der Waals surface area contributed by atoms with E-state index < -0.39 is 0 Å². The molecule has 0 spiro atoms. The fraction of sp³-hybridized carbons (Fsp3) is 0.304. The molecule has 0 saturated carbocycles. The zero-order valence-corrected chi connectivity index (χ0v) is 16.1. The minimum Gasteiger partial charge on any atom is -0.294 e. The highest BCUT2D eigenvalue weighted by Gasteiger charge is 2.40. The Morgan fingerprint density at radius 2 is 1.78 bits per heavy atom. The molecule has 27 heavy (non-hydrogen) atoms. The van der Waals surface area contributed by atoms with E-state index in [0.29, 0.717) is 11.4 Å². The van der Waals surface area contributed by atoms with E-state index in [0.717, 1.165) is 47.3 Å². The van der Waals surface area contributed by atoms with E-state index in [1.54, 1.807) is 4.90 Å². The fourth-order valence-corrected chi connectivity index (χ4v) is 4.59. The monoisotopic (exact) mass is 379 g/mol. The Labute approximate surface area is 164 Å². The van der Waals surface area contributed by atoms with Gasteiger partial charge in [-0.25, -0.2) is 0 Å². The third-order valence-electron chi connectivity index (χ3n) is 5.57. The number of nitrogens with zero attached hydrogens (tertiary/aromatic N) is 1. The van der Waals surface area contributed by atoms with Crippen LogP contribution in [0.15, 0.2) is 59.8 Å². The van der Waals surface area contributed by atoms with Gasteiger partial charge in [-0.2, -0.15) is 0 Å². The molecule has 1 unspecified atom stereocenters. The Balaban J connectivity index is 1.90. The third kappa shape index (κ3) is 3.10. The maximum Gasteiger partial charge on any atom is 0.232 e. The van der Waals surface area contributed by atoms with E-state index in [2.05, 4.69) is 6.92 Å². The predicted molar refractivity (Wildman–Crippen MR) is 108 cm³/mol. The van der Waals surface area contributed by atoms with Gasteiger partial charge in [-0.15, -0.1) is 0 Å². The predicted octanol–water partition coefficient (Wildman–Crippen LogP) is 5.43. The molecule has 1 aliphatic carbocycles. The van der Waals surface area contributed by atoms with Crippen molar-refractivity contribution in [2.75, 3.05) is 4.90 Å². The topological polar surface area (TPSA) is 37.4 Å². The molecule has 1 atom stereocenters. The largest absolute Gasteiger partial charge is 0.294 e. The Bertz CT molecular complexity index is 947. The Kier molecular flexibility index (Phi) is 4.88. The molecule has 0 bridgehead atoms. The molecule has 1 amide bonds. The van der Waals surface area contributed by atoms with Crippen molar-refractivity contribution in [1.29, 1.82) is 0 Å². The molecule has 1 aliphatic heterocycles. The summed E-state index contributed by atoms with van der Waals surface area (Å²) in [7, 11) is 0. The molecule has 2 aromatic carbocycles. The third-order valence-corrected chi connectivity index (χ3v) is 5.91. The standard InChI is InChI=1S/C23H22ClNO2/c1-2-15-8-3-6-11-19(15)25-20-12-7-13-21(26)23(20)17(14-22(25)27)16-9-4-5-10-18(16)24/h3-6,8-11,17H,2,7,12-14H2,1H3. The summed E-state index contributed by atoms with van der Waals surface area (Å²) >= 11 is 6.43. The molecule has 0 radical (unpaired) electrons. The summed E-state index contributed by atoms with van der Waals surface area (Å²) < 4.78 is 0. The Morgan fingerprint density at radius 1 is 1.04 bits per heavy atom. The van der Waals surface area contributed by atoms with Gasteiger partial charge >= 0.3 is 0 Å². The van der Waals surface area contributed by atoms with E-state index in [-0.39, 0.29) is 24.0 Å². The molecule has 138 valence electrons. The first kappa shape index (κ1) is 18.0. The average molecular weight is 380 g/mol. The Morgan fingerprint density at radius 3 is 2.56 bits per heavy atom. The van der Waals surface area contributed by atoms with Gasteiger partial charge in [0.2, 0.25) is 5.91 Å². The van der Waals surface area contributed by atoms with Gasteiger partial charge in [0.05, 0.1) is 5.69 Å². The van der Waals surface area contributed by atoms with Crippen molar-refractivity contribution in [3.8, 4) is 0 Å². The maximum absolute atomic E-state index is 13.3. The van der Waals surface area contributed by atoms with Crippen LogP contribution in [-0.4, -0.2) is 11.7 Å². The van der Waals surface area contributed by atoms with Crippen molar-refractivity contribution >= 4 is 29.0 Å². The van der Waals surface area contributed by atoms with E-state index >= 15 is 0 Å². The Hall–Kier alpha value is -2.39. The highest BCUT2D eigenvalue weighted by atomic mass is 35.5. The van der Waals surface area contributed by atoms with Crippen LogP contribution in [0.3, 0.4) is 0 Å². The van der Waals surface area contributed by atoms with Gasteiger partial charge in [0, 0.05) is 35.1 Å². The molecular formula is C23H22ClNO2. The number of rotatable bonds is 3. The van der Waals surface area contributed by atoms with Crippen LogP contribution < -0.4 is 4.90 Å². The van der Waals surface area contributed by atoms with Crippen molar-refractivity contribution in [2.24, 2.45) is 0 Å². The van der Waals surface area contributed by atoms with Crippen LogP contribution in [0.25, 0.3) is 0 Å². The number of hydrogen-bond acceptors (Lipinski definition) is 2. The van der Waals surface area contributed by atoms with Gasteiger partial charge in [-0.3, -0.25) is 14.5 Å². The zero-order chi connectivity index (χ0) is 19.0. The lowest BCUT2D eigenvalue weighted by Gasteiger charge is -2.39. The van der Waals surface area contributed by atoms with Crippen molar-refractivity contribution in [2.45, 2.75) is 44.9 Å². The number of carbonyl (C=O) groups is 2. The molecular weight excluding hydrogens is 358 g/mol. The van der Waals surface area contributed by atoms with E-state index in [1.165, 1.54) is 0 Å². The summed E-state index contributed by atoms with van der Waals surface area (Å²) in [5.74, 6) is -0.0686. The molecule has 0 N–H and O–H groups in total. The summed E-state index contributed by atoms with van der Waals surface area (Å²) in [6.07, 6.45) is 3.17. The number of para-hydroxylation sites is 1. The first-order valence-corrected chi connectivity index (χ1v) is 9.91. The van der Waals surface area contributed by atoms with Crippen LogP contribution >= 0.6 is 11.6 Å². The molecule has 1 heterocycles. The average Bonchev–Trinajstić information content (AvgIpc) is 2.68. The number of anilines is 1. The quantitative estimate of drug-likeness (QED) is 0.713. The first-order chi connectivity index (χ1) is 13.1. The number of ketones is 1. The highest BCUT2D eigenvalue weighted by molar-refractivity contribution is 6.31. The van der Waals surface area contributed by atoms with Crippen LogP contribution in [0.4, 0.5) is 5.69 Å². The van der Waals surface area contributed by atoms with E-state index in [1.807, 2.05) is 48.5 Å². The van der Waals surface area contributed by atoms with Gasteiger partial charge in [0.15, 0.2) is 5.78 Å². The molecule has 4 heteroatoms. The summed E-state index contributed by atoms with van der Waals surface area (Å²) in [6, 6.07) is 15.5. The van der Waals surface area contributed by atoms with Crippen LogP contribution in [0, 0.1) is 0 Å². The first-order valence-electron chi connectivity index (χ1n) is 9.53. The summed E-state index contributed by atoms with van der Waals surface area (Å²) in [5, 5.41) is 0.614. The van der Waals surface area contributed by atoms with Crippen LogP contribution in [0.2, 0.25) is 5.02 Å². The van der Waals surface area contributed by atoms with Crippen molar-refractivity contribution in [1.82, 2.24) is 0 Å². The summed E-state index contributed by atoms with van der Waals surface area (Å²) in [4.78, 5) is 28.0. The number of benzene rings is 2. The molecule has 0 fully saturated rings. The molecule has 0 aromatic heterocycles. The number of Topliss-reactive ketones (excluding diaryl/α,β-unsaturated/α-hetero) is 1. The molecule has 3 nitrogen and oxygen atoms in total. The zero-order valence-electron chi connectivity index (χ0n) is 15.4. The molecule has 0 saturated heterocycles. The van der Waals surface area contributed by atoms with Crippen LogP contribution in [0.5, 0.6) is 0 Å². The molecule has 4 rings (SSSR count). The minimum atomic E-state index is -0.251.